The molecule has 1 fully saturated rings. The highest BCUT2D eigenvalue weighted by Crippen LogP contribution is 2.46. The van der Waals surface area contributed by atoms with E-state index < -0.39 is 0 Å². The van der Waals surface area contributed by atoms with Crippen molar-refractivity contribution in [2.45, 2.75) is 19.3 Å². The molecule has 39 heavy (non-hydrogen) atoms. The predicted octanol–water partition coefficient (Wildman–Crippen LogP) is 6.80. The molecular formula is C33H37N3O2S. The van der Waals surface area contributed by atoms with Gasteiger partial charge in [-0.2, -0.15) is 0 Å². The van der Waals surface area contributed by atoms with Gasteiger partial charge in [-0.05, 0) is 52.1 Å². The number of fused-ring (bicyclic) bond motifs is 3. The second kappa shape index (κ2) is 13.2. The average molecular weight is 540 g/mol. The molecule has 1 aliphatic carbocycles. The van der Waals surface area contributed by atoms with Gasteiger partial charge < -0.3 is 15.0 Å². The van der Waals surface area contributed by atoms with E-state index in [-0.39, 0.29) is 11.9 Å². The molecule has 5 nitrogen and oxygen atoms in total. The quantitative estimate of drug-likeness (QED) is 0.308. The second-order valence-corrected chi connectivity index (χ2v) is 11.1. The third-order valence-corrected chi connectivity index (χ3v) is 8.44. The minimum absolute atomic E-state index is 0.0916. The molecule has 0 unspecified atom stereocenters. The van der Waals surface area contributed by atoms with Crippen molar-refractivity contribution in [3.8, 4) is 11.1 Å². The summed E-state index contributed by atoms with van der Waals surface area (Å²) in [4.78, 5) is 17.8. The van der Waals surface area contributed by atoms with Gasteiger partial charge in [-0.15, -0.1) is 0 Å². The van der Waals surface area contributed by atoms with Crippen molar-refractivity contribution in [1.29, 1.82) is 0 Å². The molecule has 5 rings (SSSR count). The average Bonchev–Trinajstić information content (AvgIpc) is 3.30. The molecule has 1 saturated heterocycles. The molecule has 1 aliphatic heterocycles. The number of rotatable bonds is 10. The van der Waals surface area contributed by atoms with E-state index in [4.69, 9.17) is 4.74 Å². The number of thioether (sulfide) groups is 1. The number of hydrogen-bond acceptors (Lipinski definition) is 4. The van der Waals surface area contributed by atoms with Gasteiger partial charge in [-0.25, -0.2) is 4.79 Å². The van der Waals surface area contributed by atoms with Gasteiger partial charge in [0, 0.05) is 38.6 Å². The number of amides is 2. The summed E-state index contributed by atoms with van der Waals surface area (Å²) in [6, 6.07) is 27.5. The largest absolute Gasteiger partial charge is 0.379 e. The zero-order chi connectivity index (χ0) is 27.0. The van der Waals surface area contributed by atoms with Gasteiger partial charge in [0.1, 0.15) is 0 Å². The SMILES string of the molecule is C=C(NC(=O)N(CCC1c2ccccc2-c2ccccc21)CCN1CCOCC1)S/C=C(\C)c1ccccc1. The molecule has 3 aromatic carbocycles. The highest BCUT2D eigenvalue weighted by molar-refractivity contribution is 8.05. The number of ether oxygens (including phenoxy) is 1. The van der Waals surface area contributed by atoms with Crippen LogP contribution in [0.2, 0.25) is 0 Å². The molecule has 0 spiro atoms. The number of urea groups is 1. The fourth-order valence-corrected chi connectivity index (χ4v) is 6.02. The minimum Gasteiger partial charge on any atom is -0.379 e. The number of allylic oxidation sites excluding steroid dienone is 1. The van der Waals surface area contributed by atoms with Gasteiger partial charge in [-0.3, -0.25) is 4.90 Å². The van der Waals surface area contributed by atoms with Crippen LogP contribution < -0.4 is 5.32 Å². The van der Waals surface area contributed by atoms with Crippen molar-refractivity contribution in [2.24, 2.45) is 0 Å². The summed E-state index contributed by atoms with van der Waals surface area (Å²) >= 11 is 1.45. The van der Waals surface area contributed by atoms with Gasteiger partial charge in [0.25, 0.3) is 0 Å². The highest BCUT2D eigenvalue weighted by atomic mass is 32.2. The Balaban J connectivity index is 1.25. The number of morpholine rings is 1. The third-order valence-electron chi connectivity index (χ3n) is 7.58. The van der Waals surface area contributed by atoms with Crippen molar-refractivity contribution in [2.75, 3.05) is 45.9 Å². The number of carbonyl (C=O) groups excluding carboxylic acids is 1. The summed E-state index contributed by atoms with van der Waals surface area (Å²) < 4.78 is 5.51. The number of benzene rings is 3. The normalized spacial score (nSPS) is 15.5. The van der Waals surface area contributed by atoms with Crippen LogP contribution in [0.4, 0.5) is 4.79 Å². The lowest BCUT2D eigenvalue weighted by Crippen LogP contribution is -2.46. The fraction of sp³-hybridized carbons (Fsp3) is 0.303. The van der Waals surface area contributed by atoms with E-state index in [0.717, 1.165) is 50.4 Å². The van der Waals surface area contributed by atoms with Gasteiger partial charge in [0.2, 0.25) is 0 Å². The molecule has 202 valence electrons. The Bertz CT molecular complexity index is 1270. The van der Waals surface area contributed by atoms with Crippen molar-refractivity contribution in [1.82, 2.24) is 15.1 Å². The van der Waals surface area contributed by atoms with Crippen LogP contribution in [-0.4, -0.2) is 61.8 Å². The van der Waals surface area contributed by atoms with Crippen LogP contribution >= 0.6 is 11.8 Å². The summed E-state index contributed by atoms with van der Waals surface area (Å²) in [5.41, 5.74) is 7.63. The summed E-state index contributed by atoms with van der Waals surface area (Å²) in [6.45, 7) is 11.7. The minimum atomic E-state index is -0.0916. The zero-order valence-electron chi connectivity index (χ0n) is 22.6. The van der Waals surface area contributed by atoms with E-state index >= 15 is 0 Å². The highest BCUT2D eigenvalue weighted by Gasteiger charge is 2.29. The van der Waals surface area contributed by atoms with Crippen molar-refractivity contribution in [3.63, 3.8) is 0 Å². The predicted molar refractivity (Wildman–Crippen MR) is 163 cm³/mol. The van der Waals surface area contributed by atoms with Gasteiger partial charge in [0.15, 0.2) is 0 Å². The van der Waals surface area contributed by atoms with Crippen molar-refractivity contribution in [3.05, 3.63) is 113 Å². The second-order valence-electron chi connectivity index (χ2n) is 10.1. The van der Waals surface area contributed by atoms with Crippen LogP contribution in [0.1, 0.15) is 36.0 Å². The van der Waals surface area contributed by atoms with E-state index in [9.17, 15) is 4.79 Å². The molecule has 0 atom stereocenters. The maximum atomic E-state index is 13.5. The smallest absolute Gasteiger partial charge is 0.322 e. The molecule has 0 bridgehead atoms. The lowest BCUT2D eigenvalue weighted by Gasteiger charge is -2.31. The first kappa shape index (κ1) is 27.3. The van der Waals surface area contributed by atoms with Crippen LogP contribution in [0.3, 0.4) is 0 Å². The summed E-state index contributed by atoms with van der Waals surface area (Å²) in [5.74, 6) is 0.283. The van der Waals surface area contributed by atoms with E-state index in [0.29, 0.717) is 18.1 Å². The first-order valence-corrected chi connectivity index (χ1v) is 14.6. The van der Waals surface area contributed by atoms with Crippen molar-refractivity contribution >= 4 is 23.4 Å². The first-order valence-electron chi connectivity index (χ1n) is 13.7. The first-order chi connectivity index (χ1) is 19.1. The monoisotopic (exact) mass is 539 g/mol. The van der Waals surface area contributed by atoms with Crippen LogP contribution in [0.15, 0.2) is 95.9 Å². The molecule has 6 heteroatoms. The number of nitrogens with one attached hydrogen (secondary N) is 1. The number of hydrogen-bond donors (Lipinski definition) is 1. The Morgan fingerprint density at radius 2 is 1.59 bits per heavy atom. The summed E-state index contributed by atoms with van der Waals surface area (Å²) in [6.07, 6.45) is 0.872. The standard InChI is InChI=1S/C33H37N3O2S/c1-25(27-10-4-3-5-11-27)24-39-26(2)34-33(37)36(19-18-35-20-22-38-23-21-35)17-16-32-30-14-8-6-12-28(30)29-13-7-9-15-31(29)32/h3-15,24,32H,2,16-23H2,1H3,(H,34,37)/b25-24+. The van der Waals surface area contributed by atoms with Crippen LogP contribution in [-0.2, 0) is 4.74 Å². The van der Waals surface area contributed by atoms with E-state index in [1.54, 1.807) is 0 Å². The molecular weight excluding hydrogens is 502 g/mol. The molecule has 2 amide bonds. The lowest BCUT2D eigenvalue weighted by atomic mass is 9.93. The summed E-state index contributed by atoms with van der Waals surface area (Å²) in [5, 5.41) is 5.73. The number of carbonyl (C=O) groups is 1. The molecule has 1 heterocycles. The van der Waals surface area contributed by atoms with E-state index in [1.807, 2.05) is 28.5 Å². The zero-order valence-corrected chi connectivity index (χ0v) is 23.5. The molecule has 3 aromatic rings. The van der Waals surface area contributed by atoms with Gasteiger partial charge in [-0.1, -0.05) is 97.2 Å². The van der Waals surface area contributed by atoms with E-state index in [1.165, 1.54) is 34.0 Å². The summed E-state index contributed by atoms with van der Waals surface area (Å²) in [7, 11) is 0. The Kier molecular flexibility index (Phi) is 9.19. The van der Waals surface area contributed by atoms with Crippen LogP contribution in [0.25, 0.3) is 16.7 Å². The Labute approximate surface area is 236 Å². The Hall–Kier alpha value is -3.32. The Morgan fingerprint density at radius 3 is 2.26 bits per heavy atom. The molecule has 0 radical (unpaired) electrons. The topological polar surface area (TPSA) is 44.8 Å². The maximum absolute atomic E-state index is 13.5. The van der Waals surface area contributed by atoms with Crippen LogP contribution in [0, 0.1) is 0 Å². The van der Waals surface area contributed by atoms with Crippen molar-refractivity contribution < 1.29 is 9.53 Å². The Morgan fingerprint density at radius 1 is 0.974 bits per heavy atom. The molecule has 1 N–H and O–H groups in total. The molecule has 0 aromatic heterocycles. The third kappa shape index (κ3) is 6.82. The fourth-order valence-electron chi connectivity index (χ4n) is 5.41. The maximum Gasteiger partial charge on any atom is 0.322 e. The van der Waals surface area contributed by atoms with Gasteiger partial charge in [0.05, 0.1) is 18.2 Å². The van der Waals surface area contributed by atoms with E-state index in [2.05, 4.69) is 84.4 Å². The number of nitrogens with zero attached hydrogens (tertiary/aromatic N) is 2. The molecule has 0 saturated carbocycles. The van der Waals surface area contributed by atoms with Gasteiger partial charge >= 0.3 is 6.03 Å². The lowest BCUT2D eigenvalue weighted by molar-refractivity contribution is 0.0349. The van der Waals surface area contributed by atoms with Crippen LogP contribution in [0.5, 0.6) is 0 Å². The molecule has 2 aliphatic rings.